The first-order valence-corrected chi connectivity index (χ1v) is 5.22. The highest BCUT2D eigenvalue weighted by Crippen LogP contribution is 2.39. The Bertz CT molecular complexity index is 399. The largest absolute Gasteiger partial charge is 0.506 e. The number of hydrogen-bond donors (Lipinski definition) is 3. The van der Waals surface area contributed by atoms with Crippen molar-refractivity contribution in [1.29, 1.82) is 0 Å². The van der Waals surface area contributed by atoms with Crippen LogP contribution in [0.25, 0.3) is 0 Å². The molecule has 3 nitrogen and oxygen atoms in total. The van der Waals surface area contributed by atoms with Gasteiger partial charge in [-0.2, -0.15) is 0 Å². The van der Waals surface area contributed by atoms with Crippen molar-refractivity contribution in [3.8, 4) is 5.75 Å². The molecule has 1 aromatic rings. The van der Waals surface area contributed by atoms with Crippen LogP contribution in [-0.4, -0.2) is 16.8 Å². The Labute approximate surface area is 111 Å². The zero-order valence-corrected chi connectivity index (χ0v) is 11.1. The molecule has 6 heteroatoms. The molecule has 0 saturated carbocycles. The van der Waals surface area contributed by atoms with Crippen LogP contribution in [-0.2, 0) is 0 Å². The second kappa shape index (κ2) is 5.87. The minimum Gasteiger partial charge on any atom is -0.506 e. The van der Waals surface area contributed by atoms with Crippen molar-refractivity contribution in [2.45, 2.75) is 19.9 Å². The average Bonchev–Trinajstić information content (AvgIpc) is 2.25. The highest BCUT2D eigenvalue weighted by molar-refractivity contribution is 6.32. The Balaban J connectivity index is 0.00000256. The number of aliphatic hydroxyl groups excluding tert-OH is 1. The zero-order chi connectivity index (χ0) is 12.5. The number of aliphatic hydroxyl groups is 1. The molecule has 0 aliphatic heterocycles. The molecular weight excluding hydrogens is 268 g/mol. The molecule has 98 valence electrons. The Kier molecular flexibility index (Phi) is 5.68. The minimum atomic E-state index is -0.697. The van der Waals surface area contributed by atoms with Gasteiger partial charge in [-0.05, 0) is 6.07 Å². The van der Waals surface area contributed by atoms with Gasteiger partial charge in [-0.3, -0.25) is 0 Å². The summed E-state index contributed by atoms with van der Waals surface area (Å²) in [5, 5.41) is 18.5. The predicted molar refractivity (Wildman–Crippen MR) is 68.1 cm³/mol. The molecule has 4 N–H and O–H groups in total. The van der Waals surface area contributed by atoms with E-state index < -0.39 is 17.3 Å². The number of halogens is 3. The Morgan fingerprint density at radius 3 is 2.47 bits per heavy atom. The number of rotatable bonds is 3. The molecule has 1 atom stereocenters. The summed E-state index contributed by atoms with van der Waals surface area (Å²) in [4.78, 5) is 0. The Morgan fingerprint density at radius 1 is 1.47 bits per heavy atom. The summed E-state index contributed by atoms with van der Waals surface area (Å²) in [6, 6.07) is 1.89. The van der Waals surface area contributed by atoms with E-state index in [1.54, 1.807) is 13.8 Å². The lowest BCUT2D eigenvalue weighted by Gasteiger charge is -2.30. The van der Waals surface area contributed by atoms with Crippen molar-refractivity contribution in [1.82, 2.24) is 0 Å². The fraction of sp³-hybridized carbons (Fsp3) is 0.455. The van der Waals surface area contributed by atoms with Gasteiger partial charge in [-0.15, -0.1) is 12.4 Å². The van der Waals surface area contributed by atoms with Crippen LogP contribution in [0, 0.1) is 11.2 Å². The topological polar surface area (TPSA) is 66.5 Å². The van der Waals surface area contributed by atoms with Gasteiger partial charge in [0.2, 0.25) is 0 Å². The van der Waals surface area contributed by atoms with Gasteiger partial charge in [0.25, 0.3) is 0 Å². The molecule has 0 aliphatic rings. The number of aromatic hydroxyl groups is 1. The van der Waals surface area contributed by atoms with Gasteiger partial charge in [-0.25, -0.2) is 4.39 Å². The zero-order valence-electron chi connectivity index (χ0n) is 9.58. The van der Waals surface area contributed by atoms with Crippen molar-refractivity contribution in [2.75, 3.05) is 6.61 Å². The highest BCUT2D eigenvalue weighted by atomic mass is 35.5. The van der Waals surface area contributed by atoms with Crippen LogP contribution in [0.15, 0.2) is 12.1 Å². The molecule has 0 saturated heterocycles. The van der Waals surface area contributed by atoms with E-state index in [1.165, 1.54) is 6.07 Å². The van der Waals surface area contributed by atoms with E-state index in [4.69, 9.17) is 17.3 Å². The molecule has 17 heavy (non-hydrogen) atoms. The van der Waals surface area contributed by atoms with Crippen LogP contribution in [0.5, 0.6) is 5.75 Å². The van der Waals surface area contributed by atoms with Crippen molar-refractivity contribution in [2.24, 2.45) is 11.1 Å². The maximum atomic E-state index is 13.0. The van der Waals surface area contributed by atoms with E-state index in [9.17, 15) is 14.6 Å². The summed E-state index contributed by atoms with van der Waals surface area (Å²) in [6.45, 7) is 3.34. The smallest absolute Gasteiger partial charge is 0.145 e. The minimum absolute atomic E-state index is 0. The van der Waals surface area contributed by atoms with Crippen LogP contribution < -0.4 is 5.73 Å². The lowest BCUT2D eigenvalue weighted by Crippen LogP contribution is -2.32. The van der Waals surface area contributed by atoms with Crippen molar-refractivity contribution >= 4 is 24.0 Å². The summed E-state index contributed by atoms with van der Waals surface area (Å²) >= 11 is 5.58. The third-order valence-corrected chi connectivity index (χ3v) is 3.04. The molecular formula is C11H16Cl2FNO2. The van der Waals surface area contributed by atoms with Crippen molar-refractivity contribution in [3.05, 3.63) is 28.5 Å². The summed E-state index contributed by atoms with van der Waals surface area (Å²) in [7, 11) is 0. The average molecular weight is 284 g/mol. The van der Waals surface area contributed by atoms with E-state index in [0.717, 1.165) is 6.07 Å². The molecule has 0 unspecified atom stereocenters. The molecule has 0 heterocycles. The summed E-state index contributed by atoms with van der Waals surface area (Å²) in [6.07, 6.45) is 0. The lowest BCUT2D eigenvalue weighted by atomic mass is 9.81. The van der Waals surface area contributed by atoms with Crippen LogP contribution in [0.4, 0.5) is 4.39 Å². The summed E-state index contributed by atoms with van der Waals surface area (Å²) in [5.41, 5.74) is 5.60. The van der Waals surface area contributed by atoms with E-state index in [2.05, 4.69) is 0 Å². The highest BCUT2D eigenvalue weighted by Gasteiger charge is 2.30. The molecule has 0 bridgehead atoms. The van der Waals surface area contributed by atoms with Crippen LogP contribution in [0.2, 0.25) is 5.02 Å². The van der Waals surface area contributed by atoms with E-state index in [1.807, 2.05) is 0 Å². The monoisotopic (exact) mass is 283 g/mol. The predicted octanol–water partition coefficient (Wildman–Crippen LogP) is 2.62. The van der Waals surface area contributed by atoms with Crippen LogP contribution >= 0.6 is 24.0 Å². The maximum Gasteiger partial charge on any atom is 0.145 e. The van der Waals surface area contributed by atoms with E-state index in [0.29, 0.717) is 5.56 Å². The normalized spacial score (nSPS) is 13.1. The van der Waals surface area contributed by atoms with Gasteiger partial charge in [0.1, 0.15) is 16.6 Å². The summed E-state index contributed by atoms with van der Waals surface area (Å²) < 4.78 is 13.0. The first-order chi connectivity index (χ1) is 7.31. The standard InChI is InChI=1S/C11H15ClFNO2.ClH/c1-11(2,5-15)10(14)6-3-4-7(13)8(12)9(6)16;/h3-4,10,15-16H,5,14H2,1-2H3;1H/t10-;/m0./s1. The molecule has 0 aromatic heterocycles. The Morgan fingerprint density at radius 2 is 2.00 bits per heavy atom. The second-order valence-corrected chi connectivity index (χ2v) is 4.80. The third kappa shape index (κ3) is 3.22. The third-order valence-electron chi connectivity index (χ3n) is 2.68. The van der Waals surface area contributed by atoms with Crippen LogP contribution in [0.1, 0.15) is 25.5 Å². The molecule has 0 fully saturated rings. The fourth-order valence-corrected chi connectivity index (χ4v) is 1.50. The molecule has 0 amide bonds. The Hall–Kier alpha value is -0.550. The van der Waals surface area contributed by atoms with Gasteiger partial charge < -0.3 is 15.9 Å². The lowest BCUT2D eigenvalue weighted by molar-refractivity contribution is 0.131. The van der Waals surface area contributed by atoms with E-state index in [-0.39, 0.29) is 29.8 Å². The van der Waals surface area contributed by atoms with Gasteiger partial charge >= 0.3 is 0 Å². The molecule has 0 radical (unpaired) electrons. The molecule has 1 rings (SSSR count). The molecule has 0 aliphatic carbocycles. The first-order valence-electron chi connectivity index (χ1n) is 4.84. The first kappa shape index (κ1) is 16.4. The molecule has 0 spiro atoms. The van der Waals surface area contributed by atoms with Crippen molar-refractivity contribution < 1.29 is 14.6 Å². The van der Waals surface area contributed by atoms with Gasteiger partial charge in [0.05, 0.1) is 0 Å². The SMILES string of the molecule is CC(C)(CO)[C@@H](N)c1ccc(F)c(Cl)c1O.Cl. The summed E-state index contributed by atoms with van der Waals surface area (Å²) in [5.74, 6) is -1.06. The number of phenols is 1. The number of phenolic OH excluding ortho intramolecular Hbond substituents is 1. The van der Waals surface area contributed by atoms with Gasteiger partial charge in [0, 0.05) is 23.6 Å². The maximum absolute atomic E-state index is 13.0. The number of nitrogens with two attached hydrogens (primary N) is 1. The van der Waals surface area contributed by atoms with Crippen LogP contribution in [0.3, 0.4) is 0 Å². The van der Waals surface area contributed by atoms with Gasteiger partial charge in [-0.1, -0.05) is 31.5 Å². The van der Waals surface area contributed by atoms with Gasteiger partial charge in [0.15, 0.2) is 0 Å². The fourth-order valence-electron chi connectivity index (χ4n) is 1.33. The van der Waals surface area contributed by atoms with E-state index >= 15 is 0 Å². The second-order valence-electron chi connectivity index (χ2n) is 4.42. The van der Waals surface area contributed by atoms with Crippen molar-refractivity contribution in [3.63, 3.8) is 0 Å². The number of hydrogen-bond acceptors (Lipinski definition) is 3. The molecule has 1 aromatic carbocycles. The quantitative estimate of drug-likeness (QED) is 0.799. The number of benzene rings is 1.